The van der Waals surface area contributed by atoms with Crippen LogP contribution >= 0.6 is 23.1 Å². The molecular formula is C23H18N4O2S2. The van der Waals surface area contributed by atoms with Gasteiger partial charge in [-0.1, -0.05) is 36.0 Å². The molecule has 0 N–H and O–H groups in total. The monoisotopic (exact) mass is 446 g/mol. The highest BCUT2D eigenvalue weighted by molar-refractivity contribution is 7.98. The van der Waals surface area contributed by atoms with Crippen LogP contribution < -0.4 is 4.74 Å². The van der Waals surface area contributed by atoms with Gasteiger partial charge in [0.25, 0.3) is 0 Å². The first-order chi connectivity index (χ1) is 15.3. The largest absolute Gasteiger partial charge is 0.497 e. The molecule has 5 aromatic rings. The maximum Gasteiger partial charge on any atom is 0.236 e. The van der Waals surface area contributed by atoms with Gasteiger partial charge in [0.1, 0.15) is 12.0 Å². The van der Waals surface area contributed by atoms with Gasteiger partial charge in [0.05, 0.1) is 17.7 Å². The summed E-state index contributed by atoms with van der Waals surface area (Å²) < 4.78 is 13.0. The van der Waals surface area contributed by atoms with Crippen molar-refractivity contribution in [1.82, 2.24) is 19.7 Å². The van der Waals surface area contributed by atoms with Gasteiger partial charge < -0.3 is 9.15 Å². The van der Waals surface area contributed by atoms with E-state index in [2.05, 4.69) is 19.7 Å². The van der Waals surface area contributed by atoms with Crippen LogP contribution in [0, 0.1) is 0 Å². The van der Waals surface area contributed by atoms with Crippen molar-refractivity contribution in [3.63, 3.8) is 0 Å². The molecule has 0 amide bonds. The van der Waals surface area contributed by atoms with Crippen LogP contribution in [0.4, 0.5) is 0 Å². The van der Waals surface area contributed by atoms with Gasteiger partial charge in [-0.2, -0.15) is 0 Å². The lowest BCUT2D eigenvalue weighted by Gasteiger charge is -2.10. The molecule has 0 saturated carbocycles. The number of nitrogens with zero attached hydrogens (tertiary/aromatic N) is 4. The molecule has 6 nitrogen and oxygen atoms in total. The average molecular weight is 447 g/mol. The Labute approximate surface area is 187 Å². The molecule has 5 rings (SSSR count). The number of aromatic nitrogens is 4. The second kappa shape index (κ2) is 8.79. The Bertz CT molecular complexity index is 1260. The van der Waals surface area contributed by atoms with Crippen molar-refractivity contribution in [3.05, 3.63) is 84.1 Å². The lowest BCUT2D eigenvalue weighted by atomic mass is 10.2. The number of benzene rings is 2. The molecule has 0 bridgehead atoms. The van der Waals surface area contributed by atoms with E-state index in [0.29, 0.717) is 11.6 Å². The number of methoxy groups -OCH3 is 1. The highest BCUT2D eigenvalue weighted by atomic mass is 32.2. The minimum atomic E-state index is 0.627. The molecule has 154 valence electrons. The number of para-hydroxylation sites is 1. The number of oxazole rings is 1. The smallest absolute Gasteiger partial charge is 0.236 e. The van der Waals surface area contributed by atoms with E-state index in [9.17, 15) is 0 Å². The summed E-state index contributed by atoms with van der Waals surface area (Å²) in [5, 5.41) is 11.8. The molecule has 2 aromatic carbocycles. The van der Waals surface area contributed by atoms with Crippen molar-refractivity contribution >= 4 is 23.1 Å². The molecular weight excluding hydrogens is 428 g/mol. The van der Waals surface area contributed by atoms with Crippen LogP contribution in [0.2, 0.25) is 0 Å². The average Bonchev–Trinajstić information content (AvgIpc) is 3.59. The molecule has 3 heterocycles. The summed E-state index contributed by atoms with van der Waals surface area (Å²) in [4.78, 5) is 5.62. The molecule has 0 saturated heterocycles. The van der Waals surface area contributed by atoms with Crippen molar-refractivity contribution in [2.75, 3.05) is 7.11 Å². The molecule has 0 aliphatic carbocycles. The summed E-state index contributed by atoms with van der Waals surface area (Å²) in [6, 6.07) is 21.9. The van der Waals surface area contributed by atoms with Gasteiger partial charge in [-0.25, -0.2) is 4.98 Å². The minimum absolute atomic E-state index is 0.627. The number of thiophene rings is 1. The summed E-state index contributed by atoms with van der Waals surface area (Å²) in [6.45, 7) is 0. The van der Waals surface area contributed by atoms with Crippen molar-refractivity contribution in [2.45, 2.75) is 10.9 Å². The Hall–Kier alpha value is -3.36. The molecule has 3 aromatic heterocycles. The van der Waals surface area contributed by atoms with E-state index < -0.39 is 0 Å². The quantitative estimate of drug-likeness (QED) is 0.288. The normalized spacial score (nSPS) is 11.0. The first-order valence-electron chi connectivity index (χ1n) is 9.58. The van der Waals surface area contributed by atoms with E-state index in [0.717, 1.165) is 38.6 Å². The second-order valence-corrected chi connectivity index (χ2v) is 8.51. The van der Waals surface area contributed by atoms with Gasteiger partial charge >= 0.3 is 0 Å². The Balaban J connectivity index is 1.45. The fraction of sp³-hybridized carbons (Fsp3) is 0.0870. The number of thioether (sulfide) groups is 1. The van der Waals surface area contributed by atoms with E-state index in [-0.39, 0.29) is 0 Å². The van der Waals surface area contributed by atoms with E-state index in [1.165, 1.54) is 0 Å². The van der Waals surface area contributed by atoms with Crippen LogP contribution in [0.5, 0.6) is 5.75 Å². The summed E-state index contributed by atoms with van der Waals surface area (Å²) in [6.07, 6.45) is 1.70. The van der Waals surface area contributed by atoms with Gasteiger partial charge in [0.2, 0.25) is 5.89 Å². The Morgan fingerprint density at radius 1 is 1.00 bits per heavy atom. The zero-order valence-corrected chi connectivity index (χ0v) is 18.3. The van der Waals surface area contributed by atoms with Crippen molar-refractivity contribution in [1.29, 1.82) is 0 Å². The van der Waals surface area contributed by atoms with E-state index in [1.54, 1.807) is 36.5 Å². The maximum absolute atomic E-state index is 5.64. The van der Waals surface area contributed by atoms with Crippen molar-refractivity contribution in [3.8, 4) is 33.6 Å². The highest BCUT2D eigenvalue weighted by Crippen LogP contribution is 2.31. The lowest BCUT2D eigenvalue weighted by Crippen LogP contribution is -1.99. The molecule has 8 heteroatoms. The predicted octanol–water partition coefficient (Wildman–Crippen LogP) is 5.95. The lowest BCUT2D eigenvalue weighted by molar-refractivity contribution is 0.415. The van der Waals surface area contributed by atoms with Crippen LogP contribution in [0.1, 0.15) is 5.69 Å². The Kier molecular flexibility index (Phi) is 5.56. The van der Waals surface area contributed by atoms with Gasteiger partial charge in [0.15, 0.2) is 11.0 Å². The van der Waals surface area contributed by atoms with E-state index >= 15 is 0 Å². The molecule has 0 radical (unpaired) electrons. The highest BCUT2D eigenvalue weighted by Gasteiger charge is 2.17. The van der Waals surface area contributed by atoms with Gasteiger partial charge in [0, 0.05) is 17.0 Å². The maximum atomic E-state index is 5.64. The van der Waals surface area contributed by atoms with E-state index in [1.807, 2.05) is 72.1 Å². The third-order valence-electron chi connectivity index (χ3n) is 4.63. The fourth-order valence-electron chi connectivity index (χ4n) is 3.13. The molecule has 0 fully saturated rings. The third-order valence-corrected chi connectivity index (χ3v) is 6.45. The first-order valence-corrected chi connectivity index (χ1v) is 11.4. The SMILES string of the molecule is COc1ccc(-c2nnc(SCc3coc(-c4cccs4)n3)n2-c2ccccc2)cc1. The van der Waals surface area contributed by atoms with Crippen LogP contribution in [-0.4, -0.2) is 26.9 Å². The van der Waals surface area contributed by atoms with Gasteiger partial charge in [-0.3, -0.25) is 4.57 Å². The molecule has 0 aliphatic heterocycles. The Morgan fingerprint density at radius 3 is 2.58 bits per heavy atom. The molecule has 0 unspecified atom stereocenters. The topological polar surface area (TPSA) is 66.0 Å². The fourth-order valence-corrected chi connectivity index (χ4v) is 4.61. The molecule has 31 heavy (non-hydrogen) atoms. The third kappa shape index (κ3) is 4.12. The number of hydrogen-bond acceptors (Lipinski definition) is 7. The zero-order chi connectivity index (χ0) is 21.0. The molecule has 0 spiro atoms. The van der Waals surface area contributed by atoms with Crippen LogP contribution in [-0.2, 0) is 5.75 Å². The standard InChI is InChI=1S/C23H18N4O2S2/c1-28-19-11-9-16(10-12-19)21-25-26-23(27(21)18-6-3-2-4-7-18)31-15-17-14-29-22(24-17)20-8-5-13-30-20/h2-14H,15H2,1H3. The summed E-state index contributed by atoms with van der Waals surface area (Å²) >= 11 is 3.18. The van der Waals surface area contributed by atoms with Crippen LogP contribution in [0.15, 0.2) is 87.9 Å². The van der Waals surface area contributed by atoms with Gasteiger partial charge in [-0.05, 0) is 47.8 Å². The number of hydrogen-bond donors (Lipinski definition) is 0. The number of rotatable bonds is 7. The zero-order valence-electron chi connectivity index (χ0n) is 16.6. The molecule has 0 aliphatic rings. The first kappa shape index (κ1) is 19.6. The summed E-state index contributed by atoms with van der Waals surface area (Å²) in [5.41, 5.74) is 2.83. The van der Waals surface area contributed by atoms with Crippen molar-refractivity contribution in [2.24, 2.45) is 0 Å². The summed E-state index contributed by atoms with van der Waals surface area (Å²) in [7, 11) is 1.66. The van der Waals surface area contributed by atoms with Gasteiger partial charge in [-0.15, -0.1) is 21.5 Å². The van der Waals surface area contributed by atoms with Crippen molar-refractivity contribution < 1.29 is 9.15 Å². The van der Waals surface area contributed by atoms with E-state index in [4.69, 9.17) is 9.15 Å². The number of ether oxygens (including phenoxy) is 1. The Morgan fingerprint density at radius 2 is 1.84 bits per heavy atom. The second-order valence-electron chi connectivity index (χ2n) is 6.62. The minimum Gasteiger partial charge on any atom is -0.497 e. The van der Waals surface area contributed by atoms with Crippen LogP contribution in [0.25, 0.3) is 27.8 Å². The van der Waals surface area contributed by atoms with Crippen LogP contribution in [0.3, 0.4) is 0 Å². The predicted molar refractivity (Wildman–Crippen MR) is 123 cm³/mol. The summed E-state index contributed by atoms with van der Waals surface area (Å²) in [5.74, 6) is 2.85. The molecule has 0 atom stereocenters.